The number of ether oxygens (including phenoxy) is 1. The fraction of sp³-hybridized carbons (Fsp3) is 0.167. The summed E-state index contributed by atoms with van der Waals surface area (Å²) in [6, 6.07) is 30.3. The van der Waals surface area contributed by atoms with E-state index in [0.29, 0.717) is 23.6 Å². The Hall–Kier alpha value is -3.59. The highest BCUT2D eigenvalue weighted by molar-refractivity contribution is 7.99. The minimum atomic E-state index is -4.00. The lowest BCUT2D eigenvalue weighted by Gasteiger charge is -2.20. The maximum Gasteiger partial charge on any atom is 0.242 e. The van der Waals surface area contributed by atoms with Crippen LogP contribution in [0.2, 0.25) is 0 Å². The van der Waals surface area contributed by atoms with Crippen molar-refractivity contribution < 1.29 is 17.9 Å². The van der Waals surface area contributed by atoms with Crippen molar-refractivity contribution in [3.63, 3.8) is 0 Å². The summed E-state index contributed by atoms with van der Waals surface area (Å²) >= 11 is 1.52. The quantitative estimate of drug-likeness (QED) is 0.238. The maximum absolute atomic E-state index is 13.6. The van der Waals surface area contributed by atoms with Crippen molar-refractivity contribution in [2.45, 2.75) is 41.0 Å². The predicted octanol–water partition coefficient (Wildman–Crippen LogP) is 6.07. The molecule has 6 nitrogen and oxygen atoms in total. The number of hydrogen-bond acceptors (Lipinski definition) is 5. The van der Waals surface area contributed by atoms with Crippen LogP contribution in [0.15, 0.2) is 118 Å². The van der Waals surface area contributed by atoms with E-state index in [1.165, 1.54) is 17.8 Å². The predicted molar refractivity (Wildman–Crippen MR) is 152 cm³/mol. The Morgan fingerprint density at radius 2 is 1.55 bits per heavy atom. The van der Waals surface area contributed by atoms with Crippen LogP contribution < -0.4 is 14.8 Å². The number of amides is 1. The third-order valence-corrected chi connectivity index (χ3v) is 8.32. The first-order valence-corrected chi connectivity index (χ1v) is 14.6. The number of sulfonamides is 1. The first kappa shape index (κ1) is 27.4. The van der Waals surface area contributed by atoms with Gasteiger partial charge in [-0.2, -0.15) is 4.72 Å². The number of carbonyl (C=O) groups is 1. The molecule has 1 atom stereocenters. The highest BCUT2D eigenvalue weighted by Crippen LogP contribution is 2.33. The van der Waals surface area contributed by atoms with E-state index in [1.807, 2.05) is 91.9 Å². The van der Waals surface area contributed by atoms with E-state index < -0.39 is 22.0 Å². The van der Waals surface area contributed by atoms with Gasteiger partial charge < -0.3 is 10.1 Å². The van der Waals surface area contributed by atoms with Gasteiger partial charge in [-0.05, 0) is 73.9 Å². The minimum absolute atomic E-state index is 0.0735. The highest BCUT2D eigenvalue weighted by Gasteiger charge is 2.27. The topological polar surface area (TPSA) is 84.5 Å². The molecule has 0 saturated heterocycles. The van der Waals surface area contributed by atoms with Crippen molar-refractivity contribution >= 4 is 33.4 Å². The molecule has 196 valence electrons. The Morgan fingerprint density at radius 3 is 2.24 bits per heavy atom. The van der Waals surface area contributed by atoms with Gasteiger partial charge in [-0.15, -0.1) is 0 Å². The molecule has 0 aliphatic heterocycles. The standard InChI is InChI=1S/C30H30N2O4S2/c1-3-36-28-19-18-25(20-22(28)2)38(34,35)32-27(21-23-12-6-4-7-13-23)30(33)31-26-16-10-11-17-29(26)37-24-14-8-5-9-15-24/h4-20,27,32H,3,21H2,1-2H3,(H,31,33). The van der Waals surface area contributed by atoms with E-state index in [9.17, 15) is 13.2 Å². The number of nitrogens with one attached hydrogen (secondary N) is 2. The molecule has 38 heavy (non-hydrogen) atoms. The van der Waals surface area contributed by atoms with Crippen molar-refractivity contribution in [2.75, 3.05) is 11.9 Å². The Kier molecular flexibility index (Phi) is 9.23. The number of anilines is 1. The SMILES string of the molecule is CCOc1ccc(S(=O)(=O)NC(Cc2ccccc2)C(=O)Nc2ccccc2Sc2ccccc2)cc1C. The molecule has 0 saturated carbocycles. The molecule has 2 N–H and O–H groups in total. The molecule has 0 fully saturated rings. The van der Waals surface area contributed by atoms with Crippen LogP contribution in [0.4, 0.5) is 5.69 Å². The van der Waals surface area contributed by atoms with Crippen LogP contribution in [0, 0.1) is 6.92 Å². The van der Waals surface area contributed by atoms with Crippen LogP contribution in [0.1, 0.15) is 18.1 Å². The van der Waals surface area contributed by atoms with E-state index in [2.05, 4.69) is 10.0 Å². The average molecular weight is 547 g/mol. The van der Waals surface area contributed by atoms with E-state index in [-0.39, 0.29) is 11.3 Å². The molecule has 4 aromatic carbocycles. The lowest BCUT2D eigenvalue weighted by atomic mass is 10.1. The molecule has 0 heterocycles. The van der Waals surface area contributed by atoms with Gasteiger partial charge in [-0.1, -0.05) is 72.4 Å². The van der Waals surface area contributed by atoms with Gasteiger partial charge in [0, 0.05) is 9.79 Å². The van der Waals surface area contributed by atoms with Gasteiger partial charge in [0.1, 0.15) is 11.8 Å². The zero-order valence-electron chi connectivity index (χ0n) is 21.3. The minimum Gasteiger partial charge on any atom is -0.494 e. The third kappa shape index (κ3) is 7.25. The Labute approximate surface area is 228 Å². The molecular weight excluding hydrogens is 516 g/mol. The van der Waals surface area contributed by atoms with Crippen LogP contribution in [-0.4, -0.2) is 27.0 Å². The summed E-state index contributed by atoms with van der Waals surface area (Å²) in [6.45, 7) is 4.14. The van der Waals surface area contributed by atoms with Crippen LogP contribution in [0.3, 0.4) is 0 Å². The van der Waals surface area contributed by atoms with Crippen LogP contribution >= 0.6 is 11.8 Å². The second kappa shape index (κ2) is 12.8. The largest absolute Gasteiger partial charge is 0.494 e. The Morgan fingerprint density at radius 1 is 0.895 bits per heavy atom. The van der Waals surface area contributed by atoms with Crippen molar-refractivity contribution in [1.82, 2.24) is 4.72 Å². The Bertz CT molecular complexity index is 1480. The summed E-state index contributed by atoms with van der Waals surface area (Å²) in [6.07, 6.45) is 0.190. The molecule has 0 aliphatic carbocycles. The van der Waals surface area contributed by atoms with Crippen molar-refractivity contribution in [3.05, 3.63) is 114 Å². The molecule has 1 amide bonds. The average Bonchev–Trinajstić information content (AvgIpc) is 2.91. The number of aryl methyl sites for hydroxylation is 1. The van der Waals surface area contributed by atoms with E-state index in [4.69, 9.17) is 4.74 Å². The molecule has 4 rings (SSSR count). The van der Waals surface area contributed by atoms with Gasteiger partial charge in [0.05, 0.1) is 17.2 Å². The fourth-order valence-electron chi connectivity index (χ4n) is 3.89. The monoisotopic (exact) mass is 546 g/mol. The first-order valence-electron chi connectivity index (χ1n) is 12.3. The second-order valence-electron chi connectivity index (χ2n) is 8.62. The van der Waals surface area contributed by atoms with Crippen LogP contribution in [-0.2, 0) is 21.2 Å². The number of carbonyl (C=O) groups excluding carboxylic acids is 1. The number of hydrogen-bond donors (Lipinski definition) is 2. The maximum atomic E-state index is 13.6. The molecule has 0 aliphatic rings. The lowest BCUT2D eigenvalue weighted by Crippen LogP contribution is -2.45. The molecule has 0 bridgehead atoms. The summed E-state index contributed by atoms with van der Waals surface area (Å²) in [4.78, 5) is 15.5. The van der Waals surface area contributed by atoms with E-state index in [1.54, 1.807) is 19.1 Å². The molecule has 0 spiro atoms. The lowest BCUT2D eigenvalue weighted by molar-refractivity contribution is -0.117. The normalized spacial score (nSPS) is 12.1. The summed E-state index contributed by atoms with van der Waals surface area (Å²) in [5.41, 5.74) is 2.15. The third-order valence-electron chi connectivity index (χ3n) is 5.77. The Balaban J connectivity index is 1.60. The molecule has 1 unspecified atom stereocenters. The summed E-state index contributed by atoms with van der Waals surface area (Å²) in [5.74, 6) is 0.179. The van der Waals surface area contributed by atoms with Gasteiger partial charge >= 0.3 is 0 Å². The smallest absolute Gasteiger partial charge is 0.242 e. The molecule has 8 heteroatoms. The van der Waals surface area contributed by atoms with E-state index >= 15 is 0 Å². The van der Waals surface area contributed by atoms with Crippen molar-refractivity contribution in [2.24, 2.45) is 0 Å². The zero-order valence-corrected chi connectivity index (χ0v) is 22.9. The zero-order chi connectivity index (χ0) is 27.0. The molecule has 4 aromatic rings. The molecule has 0 radical (unpaired) electrons. The van der Waals surface area contributed by atoms with Crippen LogP contribution in [0.25, 0.3) is 0 Å². The highest BCUT2D eigenvalue weighted by atomic mass is 32.2. The summed E-state index contributed by atoms with van der Waals surface area (Å²) in [7, 11) is -4.00. The van der Waals surface area contributed by atoms with Crippen LogP contribution in [0.5, 0.6) is 5.75 Å². The number of rotatable bonds is 11. The first-order chi connectivity index (χ1) is 18.4. The molecule has 0 aromatic heterocycles. The van der Waals surface area contributed by atoms with E-state index in [0.717, 1.165) is 15.4 Å². The summed E-state index contributed by atoms with van der Waals surface area (Å²) in [5, 5.41) is 2.96. The van der Waals surface area contributed by atoms with Gasteiger partial charge in [0.2, 0.25) is 15.9 Å². The van der Waals surface area contributed by atoms with Gasteiger partial charge in [-0.25, -0.2) is 8.42 Å². The number of benzene rings is 4. The van der Waals surface area contributed by atoms with Gasteiger partial charge in [0.25, 0.3) is 0 Å². The fourth-order valence-corrected chi connectivity index (χ4v) is 6.10. The number of para-hydroxylation sites is 1. The van der Waals surface area contributed by atoms with Gasteiger partial charge in [-0.3, -0.25) is 4.79 Å². The van der Waals surface area contributed by atoms with Gasteiger partial charge in [0.15, 0.2) is 0 Å². The molecular formula is C30H30N2O4S2. The second-order valence-corrected chi connectivity index (χ2v) is 11.5. The van der Waals surface area contributed by atoms with Crippen molar-refractivity contribution in [3.8, 4) is 5.75 Å². The summed E-state index contributed by atoms with van der Waals surface area (Å²) < 4.78 is 34.9. The van der Waals surface area contributed by atoms with Crippen molar-refractivity contribution in [1.29, 1.82) is 0 Å².